The first-order valence-corrected chi connectivity index (χ1v) is 10.9. The largest absolute Gasteiger partial charge is 0.492 e. The molecule has 0 amide bonds. The number of aromatic hydroxyl groups is 1. The molecule has 0 fully saturated rings. The fraction of sp³-hybridized carbons (Fsp3) is 0.0588. The van der Waals surface area contributed by atoms with Crippen LogP contribution in [0.25, 0.3) is 5.69 Å². The highest BCUT2D eigenvalue weighted by Gasteiger charge is 2.24. The summed E-state index contributed by atoms with van der Waals surface area (Å²) in [6, 6.07) is 8.71. The van der Waals surface area contributed by atoms with Crippen LogP contribution >= 0.6 is 0 Å². The minimum absolute atomic E-state index is 0.0413. The Balaban J connectivity index is 2.02. The molecule has 3 rings (SSSR count). The van der Waals surface area contributed by atoms with E-state index in [1.807, 2.05) is 0 Å². The van der Waals surface area contributed by atoms with Crippen LogP contribution in [0.15, 0.2) is 57.6 Å². The van der Waals surface area contributed by atoms with E-state index in [2.05, 4.69) is 15.3 Å². The Morgan fingerprint density at radius 2 is 1.81 bits per heavy atom. The zero-order valence-corrected chi connectivity index (χ0v) is 17.6. The zero-order chi connectivity index (χ0) is 23.6. The lowest BCUT2D eigenvalue weighted by Crippen LogP contribution is -2.02. The Labute approximate surface area is 182 Å². The summed E-state index contributed by atoms with van der Waals surface area (Å²) >= 11 is -2.57. The average molecular weight is 482 g/mol. The number of azo groups is 1. The van der Waals surface area contributed by atoms with Gasteiger partial charge >= 0.3 is 17.3 Å². The van der Waals surface area contributed by atoms with Crippen molar-refractivity contribution in [3.05, 3.63) is 53.7 Å². The summed E-state index contributed by atoms with van der Waals surface area (Å²) in [4.78, 5) is 11.1. The number of carboxylic acids is 1. The second kappa shape index (κ2) is 8.83. The Hall–Kier alpha value is -3.66. The molecule has 0 saturated carbocycles. The van der Waals surface area contributed by atoms with Gasteiger partial charge in [-0.3, -0.25) is 9.11 Å². The van der Waals surface area contributed by atoms with Crippen LogP contribution in [0.4, 0.5) is 11.4 Å². The van der Waals surface area contributed by atoms with Crippen LogP contribution in [0, 0.1) is 6.92 Å². The van der Waals surface area contributed by atoms with Crippen LogP contribution in [0.2, 0.25) is 0 Å². The van der Waals surface area contributed by atoms with E-state index >= 15 is 0 Å². The minimum Gasteiger partial charge on any atom is -0.492 e. The molecule has 0 aliphatic heterocycles. The molecule has 1 atom stereocenters. The molecule has 1 heterocycles. The molecule has 0 bridgehead atoms. The Kier molecular flexibility index (Phi) is 6.35. The fourth-order valence-corrected chi connectivity index (χ4v) is 3.31. The van der Waals surface area contributed by atoms with Crippen LogP contribution in [-0.4, -0.2) is 47.7 Å². The van der Waals surface area contributed by atoms with Crippen LogP contribution in [-0.2, 0) is 21.5 Å². The van der Waals surface area contributed by atoms with E-state index in [0.717, 1.165) is 16.8 Å². The van der Waals surface area contributed by atoms with Crippen molar-refractivity contribution in [2.75, 3.05) is 0 Å². The van der Waals surface area contributed by atoms with Crippen LogP contribution in [0.5, 0.6) is 11.6 Å². The van der Waals surface area contributed by atoms with Gasteiger partial charge in [0.15, 0.2) is 5.69 Å². The van der Waals surface area contributed by atoms with E-state index < -0.39 is 49.6 Å². The molecule has 1 aromatic heterocycles. The number of carbonyl (C=O) groups is 1. The van der Waals surface area contributed by atoms with Gasteiger partial charge in [0.25, 0.3) is 10.1 Å². The number of aromatic nitrogens is 2. The smallest absolute Gasteiger partial charge is 0.358 e. The number of aryl methyl sites for hydroxylation is 1. The molecular formula is C17H14N4O9S2. The van der Waals surface area contributed by atoms with Crippen LogP contribution in [0.1, 0.15) is 16.1 Å². The summed E-state index contributed by atoms with van der Waals surface area (Å²) in [5.74, 6) is -2.18. The molecule has 15 heteroatoms. The second-order valence-corrected chi connectivity index (χ2v) is 8.18. The number of aromatic carboxylic acids is 1. The lowest BCUT2D eigenvalue weighted by atomic mass is 10.2. The van der Waals surface area contributed by atoms with Crippen molar-refractivity contribution in [2.45, 2.75) is 11.8 Å². The van der Waals surface area contributed by atoms with Crippen molar-refractivity contribution in [3.63, 3.8) is 0 Å². The number of nitrogens with zero attached hydrogens (tertiary/aromatic N) is 4. The van der Waals surface area contributed by atoms with Gasteiger partial charge in [0, 0.05) is 6.07 Å². The molecule has 0 spiro atoms. The van der Waals surface area contributed by atoms with Crippen molar-refractivity contribution in [3.8, 4) is 17.3 Å². The third-order valence-corrected chi connectivity index (χ3v) is 5.21. The average Bonchev–Trinajstić information content (AvgIpc) is 3.04. The van der Waals surface area contributed by atoms with Gasteiger partial charge in [-0.1, -0.05) is 6.07 Å². The molecule has 13 nitrogen and oxygen atoms in total. The highest BCUT2D eigenvalue weighted by Crippen LogP contribution is 2.35. The maximum Gasteiger partial charge on any atom is 0.358 e. The minimum atomic E-state index is -4.45. The zero-order valence-electron chi connectivity index (χ0n) is 16.0. The first-order valence-electron chi connectivity index (χ1n) is 8.42. The summed E-state index contributed by atoms with van der Waals surface area (Å²) in [6.45, 7) is 1.62. The Morgan fingerprint density at radius 3 is 2.38 bits per heavy atom. The highest BCUT2D eigenvalue weighted by molar-refractivity contribution is 7.85. The second-order valence-electron chi connectivity index (χ2n) is 6.16. The Bertz CT molecular complexity index is 1350. The van der Waals surface area contributed by atoms with Crippen LogP contribution in [0.3, 0.4) is 0 Å². The van der Waals surface area contributed by atoms with Gasteiger partial charge in [-0.2, -0.15) is 27.5 Å². The summed E-state index contributed by atoms with van der Waals surface area (Å²) in [5, 5.41) is 31.2. The normalized spacial score (nSPS) is 12.7. The Morgan fingerprint density at radius 1 is 1.16 bits per heavy atom. The highest BCUT2D eigenvalue weighted by atomic mass is 32.2. The van der Waals surface area contributed by atoms with Gasteiger partial charge < -0.3 is 14.4 Å². The molecule has 2 aromatic carbocycles. The van der Waals surface area contributed by atoms with Crippen molar-refractivity contribution in [1.29, 1.82) is 0 Å². The van der Waals surface area contributed by atoms with Gasteiger partial charge in [0.05, 0.1) is 16.3 Å². The molecule has 0 aliphatic rings. The summed E-state index contributed by atoms with van der Waals surface area (Å²) in [5.41, 5.74) is -0.413. The van der Waals surface area contributed by atoms with Crippen molar-refractivity contribution in [2.24, 2.45) is 10.2 Å². The van der Waals surface area contributed by atoms with Crippen LogP contribution < -0.4 is 4.18 Å². The number of hydrogen-bond acceptors (Lipinski definition) is 9. The van der Waals surface area contributed by atoms with E-state index in [1.165, 1.54) is 30.3 Å². The third-order valence-electron chi connectivity index (χ3n) is 4.02. The van der Waals surface area contributed by atoms with Crippen molar-refractivity contribution >= 4 is 38.8 Å². The maximum absolute atomic E-state index is 11.6. The van der Waals surface area contributed by atoms with Crippen molar-refractivity contribution in [1.82, 2.24) is 9.78 Å². The number of carboxylic acid groups (broad SMARTS) is 1. The fourth-order valence-electron chi connectivity index (χ4n) is 2.50. The standard InChI is InChI=1S/C17H14N4O9S2/c1-9-2-3-10(8-13(9)30-31(25)26)18-19-14-15(17(23)24)20-21(16(14)22)11-4-6-12(7-5-11)32(27,28)29/h2-8,22H,1H3,(H,23,24)(H,25,26)(H,27,28,29). The number of benzene rings is 2. The number of rotatable bonds is 7. The SMILES string of the molecule is Cc1ccc(N=Nc2c(C(=O)O)nn(-c3ccc(S(=O)(=O)O)cc3)c2O)cc1OS(=O)O. The van der Waals surface area contributed by atoms with Gasteiger partial charge in [-0.05, 0) is 42.8 Å². The molecule has 3 aromatic rings. The molecule has 0 aliphatic carbocycles. The maximum atomic E-state index is 11.6. The van der Waals surface area contributed by atoms with Gasteiger partial charge in [0.2, 0.25) is 11.6 Å². The lowest BCUT2D eigenvalue weighted by molar-refractivity contribution is 0.0690. The molecule has 168 valence electrons. The molecule has 32 heavy (non-hydrogen) atoms. The molecule has 1 unspecified atom stereocenters. The number of hydrogen-bond donors (Lipinski definition) is 4. The molecule has 0 saturated heterocycles. The van der Waals surface area contributed by atoms with E-state index in [0.29, 0.717) is 5.56 Å². The van der Waals surface area contributed by atoms with Gasteiger partial charge in [-0.25, -0.2) is 4.79 Å². The predicted octanol–water partition coefficient (Wildman–Crippen LogP) is 2.76. The summed E-state index contributed by atoms with van der Waals surface area (Å²) in [6.07, 6.45) is 0. The van der Waals surface area contributed by atoms with E-state index in [9.17, 15) is 27.6 Å². The summed E-state index contributed by atoms with van der Waals surface area (Å²) < 4.78 is 56.6. The summed E-state index contributed by atoms with van der Waals surface area (Å²) in [7, 11) is -4.45. The molecular weight excluding hydrogens is 468 g/mol. The molecule has 4 N–H and O–H groups in total. The predicted molar refractivity (Wildman–Crippen MR) is 109 cm³/mol. The van der Waals surface area contributed by atoms with Gasteiger partial charge in [0.1, 0.15) is 5.75 Å². The van der Waals surface area contributed by atoms with E-state index in [4.69, 9.17) is 13.3 Å². The van der Waals surface area contributed by atoms with E-state index in [1.54, 1.807) is 6.92 Å². The first-order chi connectivity index (χ1) is 15.0. The first kappa shape index (κ1) is 23.0. The monoisotopic (exact) mass is 482 g/mol. The quantitative estimate of drug-likeness (QED) is 0.220. The van der Waals surface area contributed by atoms with Crippen molar-refractivity contribution < 1.29 is 40.9 Å². The lowest BCUT2D eigenvalue weighted by Gasteiger charge is -2.04. The molecule has 0 radical (unpaired) electrons. The topological polar surface area (TPSA) is 201 Å². The third kappa shape index (κ3) is 4.97. The van der Waals surface area contributed by atoms with Gasteiger partial charge in [-0.15, -0.1) is 5.11 Å². The van der Waals surface area contributed by atoms with E-state index in [-0.39, 0.29) is 17.1 Å².